The van der Waals surface area contributed by atoms with E-state index in [9.17, 15) is 9.59 Å². The van der Waals surface area contributed by atoms with Crippen LogP contribution in [0.15, 0.2) is 58.5 Å². The van der Waals surface area contributed by atoms with Gasteiger partial charge in [0.2, 0.25) is 0 Å². The van der Waals surface area contributed by atoms with Gasteiger partial charge in [0, 0.05) is 12.6 Å². The van der Waals surface area contributed by atoms with Crippen LogP contribution in [0.25, 0.3) is 0 Å². The van der Waals surface area contributed by atoms with Crippen molar-refractivity contribution in [2.75, 3.05) is 26.2 Å². The summed E-state index contributed by atoms with van der Waals surface area (Å²) < 4.78 is 5.82. The van der Waals surface area contributed by atoms with Crippen molar-refractivity contribution < 1.29 is 14.3 Å². The number of nitrogens with zero attached hydrogens (tertiary/aromatic N) is 3. The van der Waals surface area contributed by atoms with Crippen LogP contribution in [-0.4, -0.2) is 43.0 Å². The Bertz CT molecular complexity index is 980. The number of likely N-dealkylation sites (tertiary alicyclic amines) is 1. The van der Waals surface area contributed by atoms with Gasteiger partial charge in [0.05, 0.1) is 10.7 Å². The molecule has 1 fully saturated rings. The van der Waals surface area contributed by atoms with Crippen molar-refractivity contribution in [3.05, 3.63) is 64.8 Å². The quantitative estimate of drug-likeness (QED) is 0.712. The summed E-state index contributed by atoms with van der Waals surface area (Å²) in [4.78, 5) is 32.5. The van der Waals surface area contributed by atoms with Crippen molar-refractivity contribution in [3.63, 3.8) is 0 Å². The van der Waals surface area contributed by atoms with E-state index in [0.717, 1.165) is 32.0 Å². The van der Waals surface area contributed by atoms with Gasteiger partial charge in [-0.15, -0.1) is 0 Å². The molecular formula is C22H23N3O3. The Morgan fingerprint density at radius 3 is 2.39 bits per heavy atom. The third-order valence-corrected chi connectivity index (χ3v) is 5.32. The number of rotatable bonds is 6. The number of hydrogen-bond donors (Lipinski definition) is 0. The zero-order valence-electron chi connectivity index (χ0n) is 15.7. The lowest BCUT2D eigenvalue weighted by molar-refractivity contribution is -0.135. The first-order chi connectivity index (χ1) is 13.7. The number of carbonyl (C=O) groups is 2. The molecule has 0 spiro atoms. The van der Waals surface area contributed by atoms with E-state index in [1.165, 1.54) is 18.4 Å². The summed E-state index contributed by atoms with van der Waals surface area (Å²) in [6.45, 7) is 3.63. The van der Waals surface area contributed by atoms with Crippen LogP contribution in [0.2, 0.25) is 0 Å². The highest BCUT2D eigenvalue weighted by molar-refractivity contribution is 6.36. The van der Waals surface area contributed by atoms with Gasteiger partial charge >= 0.3 is 11.8 Å². The molecule has 2 aromatic carbocycles. The fraction of sp³-hybridized carbons (Fsp3) is 0.364. The van der Waals surface area contributed by atoms with E-state index in [2.05, 4.69) is 45.2 Å². The van der Waals surface area contributed by atoms with Crippen molar-refractivity contribution in [2.45, 2.75) is 19.3 Å². The topological polar surface area (TPSA) is 71.3 Å². The summed E-state index contributed by atoms with van der Waals surface area (Å²) in [5, 5.41) is 0.807. The number of hydrogen-bond acceptors (Lipinski definition) is 4. The highest BCUT2D eigenvalue weighted by Gasteiger charge is 2.19. The van der Waals surface area contributed by atoms with Gasteiger partial charge in [0.1, 0.15) is 12.4 Å². The van der Waals surface area contributed by atoms with Crippen LogP contribution >= 0.6 is 0 Å². The van der Waals surface area contributed by atoms with E-state index in [4.69, 9.17) is 4.74 Å². The predicted octanol–water partition coefficient (Wildman–Crippen LogP) is 1.33. The molecule has 1 saturated heterocycles. The maximum atomic E-state index is 11.4. The fourth-order valence-corrected chi connectivity index (χ4v) is 3.75. The molecule has 2 aliphatic rings. The van der Waals surface area contributed by atoms with E-state index >= 15 is 0 Å². The van der Waals surface area contributed by atoms with Gasteiger partial charge in [0.15, 0.2) is 0 Å². The Morgan fingerprint density at radius 1 is 0.929 bits per heavy atom. The molecule has 2 aliphatic heterocycles. The molecule has 0 unspecified atom stereocenters. The minimum atomic E-state index is -0.831. The minimum Gasteiger partial charge on any atom is -0.492 e. The number of benzene rings is 2. The van der Waals surface area contributed by atoms with Gasteiger partial charge in [-0.1, -0.05) is 30.3 Å². The smallest absolute Gasteiger partial charge is 0.338 e. The third-order valence-electron chi connectivity index (χ3n) is 5.32. The molecule has 0 radical (unpaired) electrons. The van der Waals surface area contributed by atoms with Gasteiger partial charge in [-0.25, -0.2) is 9.98 Å². The highest BCUT2D eigenvalue weighted by Crippen LogP contribution is 2.21. The number of amides is 2. The normalized spacial score (nSPS) is 17.6. The predicted molar refractivity (Wildman–Crippen MR) is 104 cm³/mol. The molecule has 4 rings (SSSR count). The second-order valence-corrected chi connectivity index (χ2v) is 7.31. The Labute approximate surface area is 163 Å². The first-order valence-corrected chi connectivity index (χ1v) is 9.72. The van der Waals surface area contributed by atoms with Crippen LogP contribution in [0.1, 0.15) is 18.4 Å². The molecular weight excluding hydrogens is 354 g/mol. The lowest BCUT2D eigenvalue weighted by atomic mass is 9.90. The molecule has 0 saturated carbocycles. The van der Waals surface area contributed by atoms with E-state index in [1.54, 1.807) is 18.2 Å². The molecule has 6 heteroatoms. The summed E-state index contributed by atoms with van der Waals surface area (Å²) >= 11 is 0. The molecule has 0 atom stereocenters. The van der Waals surface area contributed by atoms with Gasteiger partial charge in [-0.3, -0.25) is 14.5 Å². The summed E-state index contributed by atoms with van der Waals surface area (Å²) in [6.07, 6.45) is 3.59. The number of piperidine rings is 1. The standard InChI is InChI=1S/C22H23N3O3/c26-21-22(27)24-20-15-18(6-7-19(20)23-21)28-13-12-25-10-8-17(9-11-25)14-16-4-2-1-3-5-16/h1-7,15,17H,8-14H2. The largest absolute Gasteiger partial charge is 0.492 e. The second kappa shape index (κ2) is 8.44. The monoisotopic (exact) mass is 377 g/mol. The maximum Gasteiger partial charge on any atom is 0.338 e. The molecule has 6 nitrogen and oxygen atoms in total. The summed E-state index contributed by atoms with van der Waals surface area (Å²) in [5.74, 6) is -0.260. The van der Waals surface area contributed by atoms with Crippen LogP contribution in [-0.2, 0) is 16.0 Å². The molecule has 2 heterocycles. The van der Waals surface area contributed by atoms with Crippen LogP contribution in [0.4, 0.5) is 0 Å². The molecule has 2 amide bonds. The highest BCUT2D eigenvalue weighted by atomic mass is 16.5. The Morgan fingerprint density at radius 2 is 1.64 bits per heavy atom. The first-order valence-electron chi connectivity index (χ1n) is 9.72. The van der Waals surface area contributed by atoms with E-state index in [1.807, 2.05) is 0 Å². The van der Waals surface area contributed by atoms with Crippen molar-refractivity contribution in [3.8, 4) is 5.75 Å². The Balaban J connectivity index is 1.24. The van der Waals surface area contributed by atoms with Gasteiger partial charge in [-0.05, 0) is 56.0 Å². The zero-order chi connectivity index (χ0) is 19.3. The molecule has 2 aromatic rings. The fourth-order valence-electron chi connectivity index (χ4n) is 3.75. The van der Waals surface area contributed by atoms with Crippen molar-refractivity contribution in [1.82, 2.24) is 4.90 Å². The summed E-state index contributed by atoms with van der Waals surface area (Å²) in [6, 6.07) is 15.8. The van der Waals surface area contributed by atoms with Crippen molar-refractivity contribution in [1.29, 1.82) is 0 Å². The van der Waals surface area contributed by atoms with Gasteiger partial charge < -0.3 is 4.74 Å². The van der Waals surface area contributed by atoms with Crippen LogP contribution in [0, 0.1) is 5.92 Å². The van der Waals surface area contributed by atoms with Crippen molar-refractivity contribution >= 4 is 11.8 Å². The van der Waals surface area contributed by atoms with Crippen molar-refractivity contribution in [2.24, 2.45) is 15.9 Å². The zero-order valence-corrected chi connectivity index (χ0v) is 15.7. The molecule has 0 N–H and O–H groups in total. The molecule has 144 valence electrons. The summed E-state index contributed by atoms with van der Waals surface area (Å²) in [7, 11) is 0. The maximum absolute atomic E-state index is 11.4. The van der Waals surface area contributed by atoms with Gasteiger partial charge in [0.25, 0.3) is 0 Å². The number of fused-ring (bicyclic) bond motifs is 1. The molecule has 0 aromatic heterocycles. The second-order valence-electron chi connectivity index (χ2n) is 7.31. The van der Waals surface area contributed by atoms with E-state index in [0.29, 0.717) is 23.1 Å². The average Bonchev–Trinajstić information content (AvgIpc) is 2.71. The molecule has 0 bridgehead atoms. The Hall–Kier alpha value is -2.86. The van der Waals surface area contributed by atoms with E-state index < -0.39 is 11.8 Å². The van der Waals surface area contributed by atoms with E-state index in [-0.39, 0.29) is 0 Å². The lowest BCUT2D eigenvalue weighted by Gasteiger charge is -2.31. The molecule has 0 aliphatic carbocycles. The number of ether oxygens (including phenoxy) is 1. The van der Waals surface area contributed by atoms with Crippen LogP contribution in [0.3, 0.4) is 0 Å². The average molecular weight is 377 g/mol. The van der Waals surface area contributed by atoms with Crippen LogP contribution < -0.4 is 15.5 Å². The van der Waals surface area contributed by atoms with Gasteiger partial charge in [-0.2, -0.15) is 0 Å². The van der Waals surface area contributed by atoms with Crippen LogP contribution in [0.5, 0.6) is 5.75 Å². The minimum absolute atomic E-state index is 0.392. The molecule has 28 heavy (non-hydrogen) atoms. The summed E-state index contributed by atoms with van der Waals surface area (Å²) in [5.41, 5.74) is 1.43. The Kier molecular flexibility index (Phi) is 5.58. The number of carbonyl (C=O) groups excluding carboxylic acids is 2. The first kappa shape index (κ1) is 18.5. The SMILES string of the molecule is O=C1N=c2ccc(OCCN3CCC(Cc4ccccc4)CC3)cc2=NC1=O. The third kappa shape index (κ3) is 4.51. The lowest BCUT2D eigenvalue weighted by Crippen LogP contribution is -2.37.